The van der Waals surface area contributed by atoms with Crippen molar-refractivity contribution in [1.82, 2.24) is 5.32 Å². The minimum atomic E-state index is -0.432. The number of carbonyl (C=O) groups excluding carboxylic acids is 2. The second kappa shape index (κ2) is 10.2. The molecule has 0 spiro atoms. The normalized spacial score (nSPS) is 17.8. The average Bonchev–Trinajstić information content (AvgIpc) is 2.86. The van der Waals surface area contributed by atoms with Crippen LogP contribution in [0, 0.1) is 16.0 Å². The molecule has 2 aliphatic rings. The highest BCUT2D eigenvalue weighted by atomic mass is 16.6. The highest BCUT2D eigenvalue weighted by molar-refractivity contribution is 5.81. The number of nitro benzene ring substituents is 1. The van der Waals surface area contributed by atoms with Gasteiger partial charge in [-0.15, -0.1) is 0 Å². The van der Waals surface area contributed by atoms with Crippen molar-refractivity contribution < 1.29 is 28.7 Å². The minimum Gasteiger partial charge on any atom is -0.486 e. The van der Waals surface area contributed by atoms with Crippen molar-refractivity contribution in [3.05, 3.63) is 58.6 Å². The summed E-state index contributed by atoms with van der Waals surface area (Å²) in [5, 5.41) is 13.9. The monoisotopic (exact) mass is 455 g/mol. The van der Waals surface area contributed by atoms with Crippen molar-refractivity contribution in [3.63, 3.8) is 0 Å². The van der Waals surface area contributed by atoms with Gasteiger partial charge in [0.15, 0.2) is 18.1 Å². The molecule has 1 saturated heterocycles. The van der Waals surface area contributed by atoms with Crippen LogP contribution in [-0.2, 0) is 14.3 Å². The molecule has 10 nitrogen and oxygen atoms in total. The highest BCUT2D eigenvalue weighted by Crippen LogP contribution is 2.32. The van der Waals surface area contributed by atoms with E-state index in [2.05, 4.69) is 5.32 Å². The van der Waals surface area contributed by atoms with E-state index >= 15 is 0 Å². The predicted molar refractivity (Wildman–Crippen MR) is 118 cm³/mol. The first-order chi connectivity index (χ1) is 16.0. The molecule has 2 aromatic carbocycles. The minimum absolute atomic E-state index is 0.0473. The quantitative estimate of drug-likeness (QED) is 0.384. The Morgan fingerprint density at radius 3 is 2.55 bits per heavy atom. The van der Waals surface area contributed by atoms with Crippen LogP contribution in [0.1, 0.15) is 12.8 Å². The summed E-state index contributed by atoms with van der Waals surface area (Å²) in [6, 6.07) is 13.9. The summed E-state index contributed by atoms with van der Waals surface area (Å²) in [5.41, 5.74) is 0.594. The zero-order valence-electron chi connectivity index (χ0n) is 18.0. The molecular formula is C23H25N3O7. The van der Waals surface area contributed by atoms with Gasteiger partial charge >= 0.3 is 5.97 Å². The number of rotatable bonds is 7. The van der Waals surface area contributed by atoms with Crippen LogP contribution in [-0.4, -0.2) is 55.8 Å². The number of para-hydroxylation sites is 4. The lowest BCUT2D eigenvalue weighted by atomic mass is 9.96. The van der Waals surface area contributed by atoms with E-state index in [-0.39, 0.29) is 30.9 Å². The molecular weight excluding hydrogens is 430 g/mol. The number of carbonyl (C=O) groups is 2. The van der Waals surface area contributed by atoms with Gasteiger partial charge < -0.3 is 24.4 Å². The molecule has 0 radical (unpaired) electrons. The van der Waals surface area contributed by atoms with Gasteiger partial charge in [0.25, 0.3) is 11.6 Å². The summed E-state index contributed by atoms with van der Waals surface area (Å²) in [6.07, 6.45) is 0.670. The number of amides is 1. The molecule has 2 aromatic rings. The molecule has 0 bridgehead atoms. The van der Waals surface area contributed by atoms with E-state index in [1.165, 1.54) is 6.07 Å². The van der Waals surface area contributed by atoms with Crippen LogP contribution >= 0.6 is 0 Å². The summed E-state index contributed by atoms with van der Waals surface area (Å²) in [6.45, 7) is 1.18. The molecule has 4 rings (SSSR count). The fourth-order valence-electron chi connectivity index (χ4n) is 3.94. The van der Waals surface area contributed by atoms with Gasteiger partial charge in [-0.3, -0.25) is 19.7 Å². The molecule has 174 valence electrons. The van der Waals surface area contributed by atoms with E-state index in [0.717, 1.165) is 0 Å². The highest BCUT2D eigenvalue weighted by Gasteiger charge is 2.29. The molecule has 2 aliphatic heterocycles. The molecule has 1 N–H and O–H groups in total. The molecule has 10 heteroatoms. The zero-order valence-corrected chi connectivity index (χ0v) is 18.0. The summed E-state index contributed by atoms with van der Waals surface area (Å²) in [4.78, 5) is 37.2. The van der Waals surface area contributed by atoms with Crippen molar-refractivity contribution in [1.29, 1.82) is 0 Å². The SMILES string of the molecule is O=C(COC(=O)C1CCN(c2ccccc2[N+](=O)[O-])CC1)NCC1COc2ccccc2O1. The van der Waals surface area contributed by atoms with E-state index < -0.39 is 16.8 Å². The van der Waals surface area contributed by atoms with Crippen LogP contribution < -0.4 is 19.7 Å². The first-order valence-electron chi connectivity index (χ1n) is 10.8. The van der Waals surface area contributed by atoms with Gasteiger partial charge in [-0.2, -0.15) is 0 Å². The first-order valence-corrected chi connectivity index (χ1v) is 10.8. The lowest BCUT2D eigenvalue weighted by Crippen LogP contribution is -2.42. The Bertz CT molecular complexity index is 1020. The van der Waals surface area contributed by atoms with E-state index in [0.29, 0.717) is 49.7 Å². The molecule has 2 heterocycles. The summed E-state index contributed by atoms with van der Waals surface area (Å²) in [7, 11) is 0. The van der Waals surface area contributed by atoms with E-state index in [1.54, 1.807) is 24.3 Å². The van der Waals surface area contributed by atoms with Crippen molar-refractivity contribution >= 4 is 23.3 Å². The lowest BCUT2D eigenvalue weighted by molar-refractivity contribution is -0.384. The number of benzene rings is 2. The number of anilines is 1. The third kappa shape index (κ3) is 5.51. The van der Waals surface area contributed by atoms with Crippen LogP contribution in [0.2, 0.25) is 0 Å². The number of hydrogen-bond acceptors (Lipinski definition) is 8. The maximum Gasteiger partial charge on any atom is 0.309 e. The van der Waals surface area contributed by atoms with Gasteiger partial charge in [-0.25, -0.2) is 0 Å². The largest absolute Gasteiger partial charge is 0.486 e. The van der Waals surface area contributed by atoms with Gasteiger partial charge in [-0.05, 0) is 31.0 Å². The molecule has 0 aliphatic carbocycles. The van der Waals surface area contributed by atoms with E-state index in [1.807, 2.05) is 23.1 Å². The number of hydrogen-bond donors (Lipinski definition) is 1. The third-order valence-corrected chi connectivity index (χ3v) is 5.69. The van der Waals surface area contributed by atoms with Crippen molar-refractivity contribution in [2.45, 2.75) is 18.9 Å². The topological polar surface area (TPSA) is 120 Å². The van der Waals surface area contributed by atoms with Crippen LogP contribution in [0.15, 0.2) is 48.5 Å². The molecule has 1 fully saturated rings. The average molecular weight is 455 g/mol. The summed E-state index contributed by atoms with van der Waals surface area (Å²) >= 11 is 0. The van der Waals surface area contributed by atoms with Gasteiger partial charge in [0.05, 0.1) is 17.4 Å². The first kappa shape index (κ1) is 22.4. The molecule has 0 aromatic heterocycles. The fourth-order valence-corrected chi connectivity index (χ4v) is 3.94. The van der Waals surface area contributed by atoms with Gasteiger partial charge in [0.2, 0.25) is 0 Å². The summed E-state index contributed by atoms with van der Waals surface area (Å²) in [5.74, 6) is 0.105. The van der Waals surface area contributed by atoms with Gasteiger partial charge in [0.1, 0.15) is 18.4 Å². The van der Waals surface area contributed by atoms with E-state index in [4.69, 9.17) is 14.2 Å². The third-order valence-electron chi connectivity index (χ3n) is 5.69. The second-order valence-electron chi connectivity index (χ2n) is 7.92. The Morgan fingerprint density at radius 1 is 1.09 bits per heavy atom. The van der Waals surface area contributed by atoms with Gasteiger partial charge in [-0.1, -0.05) is 24.3 Å². The Hall–Kier alpha value is -3.82. The number of ether oxygens (including phenoxy) is 3. The number of nitro groups is 1. The molecule has 33 heavy (non-hydrogen) atoms. The van der Waals surface area contributed by atoms with Crippen molar-refractivity contribution in [3.8, 4) is 11.5 Å². The van der Waals surface area contributed by atoms with Crippen LogP contribution in [0.4, 0.5) is 11.4 Å². The lowest BCUT2D eigenvalue weighted by Gasteiger charge is -2.32. The number of nitrogens with zero attached hydrogens (tertiary/aromatic N) is 2. The molecule has 0 saturated carbocycles. The van der Waals surface area contributed by atoms with Crippen LogP contribution in [0.3, 0.4) is 0 Å². The van der Waals surface area contributed by atoms with Crippen LogP contribution in [0.5, 0.6) is 11.5 Å². The maximum absolute atomic E-state index is 12.4. The maximum atomic E-state index is 12.4. The number of esters is 1. The smallest absolute Gasteiger partial charge is 0.309 e. The Labute approximate surface area is 190 Å². The standard InChI is InChI=1S/C23H25N3O7/c27-22(24-13-17-14-31-20-7-3-4-8-21(20)33-17)15-32-23(28)16-9-11-25(12-10-16)18-5-1-2-6-19(18)26(29)30/h1-8,16-17H,9-15H2,(H,24,27). The van der Waals surface area contributed by atoms with Gasteiger partial charge in [0, 0.05) is 19.2 Å². The number of fused-ring (bicyclic) bond motifs is 1. The van der Waals surface area contributed by atoms with Crippen LogP contribution in [0.25, 0.3) is 0 Å². The Morgan fingerprint density at radius 2 is 1.79 bits per heavy atom. The molecule has 1 amide bonds. The fraction of sp³-hybridized carbons (Fsp3) is 0.391. The second-order valence-corrected chi connectivity index (χ2v) is 7.92. The molecule has 1 atom stereocenters. The number of nitrogens with one attached hydrogen (secondary N) is 1. The Kier molecular flexibility index (Phi) is 6.92. The predicted octanol–water partition coefficient (Wildman–Crippen LogP) is 2.31. The van der Waals surface area contributed by atoms with Crippen molar-refractivity contribution in [2.24, 2.45) is 5.92 Å². The zero-order chi connectivity index (χ0) is 23.2. The summed E-state index contributed by atoms with van der Waals surface area (Å²) < 4.78 is 16.6. The number of piperidine rings is 1. The van der Waals surface area contributed by atoms with E-state index in [9.17, 15) is 19.7 Å². The van der Waals surface area contributed by atoms with Crippen molar-refractivity contribution in [2.75, 3.05) is 37.7 Å². The Balaban J connectivity index is 1.18. The molecule has 1 unspecified atom stereocenters.